The number of ether oxygens (including phenoxy) is 2. The summed E-state index contributed by atoms with van der Waals surface area (Å²) in [5, 5.41) is 18.0. The van der Waals surface area contributed by atoms with Crippen LogP contribution in [0.5, 0.6) is 11.5 Å². The fourth-order valence-corrected chi connectivity index (χ4v) is 3.82. The van der Waals surface area contributed by atoms with Crippen molar-refractivity contribution in [3.63, 3.8) is 0 Å². The van der Waals surface area contributed by atoms with Crippen LogP contribution >= 0.6 is 10.5 Å². The number of aromatic nitrogens is 2. The summed E-state index contributed by atoms with van der Waals surface area (Å²) < 4.78 is 10.6. The van der Waals surface area contributed by atoms with Crippen LogP contribution in [0.4, 0.5) is 23.1 Å². The second-order valence-electron chi connectivity index (χ2n) is 6.40. The molecule has 0 fully saturated rings. The Bertz CT molecular complexity index is 1110. The molecule has 0 spiro atoms. The zero-order valence-corrected chi connectivity index (χ0v) is 18.5. The molecule has 1 heterocycles. The maximum atomic E-state index is 11.7. The van der Waals surface area contributed by atoms with Crippen LogP contribution in [0.2, 0.25) is 0 Å². The zero-order valence-electron chi connectivity index (χ0n) is 17.7. The third-order valence-corrected chi connectivity index (χ3v) is 6.22. The monoisotopic (exact) mass is 440 g/mol. The molecule has 0 aliphatic carbocycles. The van der Waals surface area contributed by atoms with Gasteiger partial charge in [-0.25, -0.2) is 9.78 Å². The van der Waals surface area contributed by atoms with Crippen LogP contribution in [-0.2, 0) is 0 Å². The number of carboxylic acid groups (broad SMARTS) is 1. The predicted octanol–water partition coefficient (Wildman–Crippen LogP) is 4.76. The number of aromatic carboxylic acids is 1. The third-order valence-electron chi connectivity index (χ3n) is 4.47. The highest BCUT2D eigenvalue weighted by Gasteiger charge is 2.16. The van der Waals surface area contributed by atoms with E-state index in [2.05, 4.69) is 32.2 Å². The molecule has 162 valence electrons. The molecular weight excluding hydrogens is 416 g/mol. The Balaban J connectivity index is 1.99. The highest BCUT2D eigenvalue weighted by atomic mass is 32.2. The van der Waals surface area contributed by atoms with E-state index in [0.29, 0.717) is 17.2 Å². The molecule has 0 saturated carbocycles. The number of rotatable bonds is 8. The van der Waals surface area contributed by atoms with E-state index in [1.807, 2.05) is 31.2 Å². The summed E-state index contributed by atoms with van der Waals surface area (Å²) in [7, 11) is 3.01. The Morgan fingerprint density at radius 3 is 2.39 bits per heavy atom. The maximum Gasteiger partial charge on any atom is 0.341 e. The number of nitrogens with zero attached hydrogens (tertiary/aromatic N) is 2. The Kier molecular flexibility index (Phi) is 7.09. The molecule has 0 radical (unpaired) electrons. The summed E-state index contributed by atoms with van der Waals surface area (Å²) in [4.78, 5) is 21.4. The number of hydrogen-bond donors (Lipinski definition) is 3. The number of hydrogen-bond acceptors (Lipinski definition) is 7. The average Bonchev–Trinajstić information content (AvgIpc) is 2.78. The van der Waals surface area contributed by atoms with Crippen LogP contribution in [0, 0.1) is 0 Å². The lowest BCUT2D eigenvalue weighted by atomic mass is 10.2. The van der Waals surface area contributed by atoms with Gasteiger partial charge in [0.05, 0.1) is 19.9 Å². The molecule has 0 aliphatic heterocycles. The molecular formula is C22H24N4O4S. The van der Waals surface area contributed by atoms with Crippen LogP contribution in [-0.4, -0.2) is 46.9 Å². The summed E-state index contributed by atoms with van der Waals surface area (Å²) in [5.74, 6) is 0.509. The van der Waals surface area contributed by atoms with E-state index in [0.717, 1.165) is 10.6 Å². The van der Waals surface area contributed by atoms with E-state index in [9.17, 15) is 9.90 Å². The molecule has 2 aromatic carbocycles. The van der Waals surface area contributed by atoms with E-state index >= 15 is 0 Å². The predicted molar refractivity (Wildman–Crippen MR) is 125 cm³/mol. The van der Waals surface area contributed by atoms with Gasteiger partial charge in [-0.15, -0.1) is 0 Å². The molecule has 0 aliphatic rings. The van der Waals surface area contributed by atoms with Gasteiger partial charge in [0.2, 0.25) is 5.95 Å². The lowest BCUT2D eigenvalue weighted by molar-refractivity contribution is 0.0697. The van der Waals surface area contributed by atoms with Crippen molar-refractivity contribution >= 4 is 45.0 Å². The minimum atomic E-state index is -1.12. The molecule has 31 heavy (non-hydrogen) atoms. The SMILES string of the molecule is C/C=S(\C)c1ccccc1Nc1nc(Nc2cc(OC)cc(OC)c2)ncc1C(=O)O. The summed E-state index contributed by atoms with van der Waals surface area (Å²) in [5.41, 5.74) is 1.41. The van der Waals surface area contributed by atoms with Gasteiger partial charge in [-0.05, 0) is 25.3 Å². The number of para-hydroxylation sites is 1. The topological polar surface area (TPSA) is 106 Å². The van der Waals surface area contributed by atoms with Crippen molar-refractivity contribution < 1.29 is 19.4 Å². The standard InChI is InChI=1S/C22H24N4O4S/c1-5-31(4)19-9-7-6-8-18(19)25-20-17(21(27)28)13-23-22(26-20)24-14-10-15(29-2)12-16(11-14)30-3/h5-13H,1-4H3,(H,27,28)(H2,23,24,25,26). The third kappa shape index (κ3) is 5.32. The van der Waals surface area contributed by atoms with Crippen molar-refractivity contribution in [2.24, 2.45) is 0 Å². The normalized spacial score (nSPS) is 11.6. The second-order valence-corrected chi connectivity index (χ2v) is 8.43. The van der Waals surface area contributed by atoms with E-state index in [1.54, 1.807) is 32.4 Å². The van der Waals surface area contributed by atoms with Crippen molar-refractivity contribution in [1.82, 2.24) is 9.97 Å². The number of carboxylic acids is 1. The zero-order chi connectivity index (χ0) is 22.4. The molecule has 8 nitrogen and oxygen atoms in total. The van der Waals surface area contributed by atoms with E-state index in [-0.39, 0.29) is 27.8 Å². The number of methoxy groups -OCH3 is 2. The summed E-state index contributed by atoms with van der Waals surface area (Å²) in [6.45, 7) is 2.00. The fraction of sp³-hybridized carbons (Fsp3) is 0.182. The number of carbonyl (C=O) groups is 1. The van der Waals surface area contributed by atoms with Crippen LogP contribution in [0.3, 0.4) is 0 Å². The molecule has 0 amide bonds. The van der Waals surface area contributed by atoms with Gasteiger partial charge in [-0.2, -0.15) is 15.5 Å². The molecule has 3 N–H and O–H groups in total. The van der Waals surface area contributed by atoms with Crippen LogP contribution < -0.4 is 20.1 Å². The van der Waals surface area contributed by atoms with Crippen molar-refractivity contribution in [1.29, 1.82) is 0 Å². The smallest absolute Gasteiger partial charge is 0.341 e. The van der Waals surface area contributed by atoms with Crippen molar-refractivity contribution in [2.75, 3.05) is 31.1 Å². The number of anilines is 4. The van der Waals surface area contributed by atoms with Crippen LogP contribution in [0.25, 0.3) is 0 Å². The van der Waals surface area contributed by atoms with Gasteiger partial charge in [0.15, 0.2) is 5.82 Å². The first-order valence-corrected chi connectivity index (χ1v) is 11.1. The molecule has 0 saturated heterocycles. The van der Waals surface area contributed by atoms with Gasteiger partial charge in [0, 0.05) is 35.0 Å². The largest absolute Gasteiger partial charge is 0.497 e. The van der Waals surface area contributed by atoms with Crippen LogP contribution in [0.15, 0.2) is 53.6 Å². The van der Waals surface area contributed by atoms with E-state index < -0.39 is 5.97 Å². The van der Waals surface area contributed by atoms with Crippen molar-refractivity contribution in [3.8, 4) is 11.5 Å². The summed E-state index contributed by atoms with van der Waals surface area (Å²) in [6.07, 6.45) is 3.37. The average molecular weight is 441 g/mol. The van der Waals surface area contributed by atoms with Crippen molar-refractivity contribution in [2.45, 2.75) is 11.8 Å². The first-order chi connectivity index (χ1) is 14.9. The van der Waals surface area contributed by atoms with Gasteiger partial charge in [0.25, 0.3) is 0 Å². The molecule has 1 aromatic heterocycles. The molecule has 1 unspecified atom stereocenters. The van der Waals surface area contributed by atoms with E-state index in [1.165, 1.54) is 6.20 Å². The Morgan fingerprint density at radius 1 is 1.10 bits per heavy atom. The summed E-state index contributed by atoms with van der Waals surface area (Å²) in [6, 6.07) is 13.0. The lowest BCUT2D eigenvalue weighted by Gasteiger charge is -2.15. The molecule has 9 heteroatoms. The van der Waals surface area contributed by atoms with Gasteiger partial charge in [-0.3, -0.25) is 0 Å². The maximum absolute atomic E-state index is 11.7. The minimum absolute atomic E-state index is 0.0277. The fourth-order valence-electron chi connectivity index (χ4n) is 2.81. The van der Waals surface area contributed by atoms with Gasteiger partial charge in [-0.1, -0.05) is 17.5 Å². The first kappa shape index (κ1) is 22.1. The first-order valence-electron chi connectivity index (χ1n) is 9.35. The highest BCUT2D eigenvalue weighted by molar-refractivity contribution is 8.14. The molecule has 0 bridgehead atoms. The van der Waals surface area contributed by atoms with Gasteiger partial charge >= 0.3 is 5.97 Å². The Labute approximate surface area is 183 Å². The minimum Gasteiger partial charge on any atom is -0.497 e. The number of nitrogens with one attached hydrogen (secondary N) is 2. The van der Waals surface area contributed by atoms with Crippen LogP contribution in [0.1, 0.15) is 17.3 Å². The molecule has 3 rings (SSSR count). The van der Waals surface area contributed by atoms with Gasteiger partial charge < -0.3 is 25.2 Å². The highest BCUT2D eigenvalue weighted by Crippen LogP contribution is 2.33. The van der Waals surface area contributed by atoms with Gasteiger partial charge in [0.1, 0.15) is 17.1 Å². The summed E-state index contributed by atoms with van der Waals surface area (Å²) >= 11 is 0. The molecule has 3 aromatic rings. The molecule has 1 atom stereocenters. The lowest BCUT2D eigenvalue weighted by Crippen LogP contribution is -2.09. The Morgan fingerprint density at radius 2 is 1.77 bits per heavy atom. The number of benzene rings is 2. The van der Waals surface area contributed by atoms with Crippen molar-refractivity contribution in [3.05, 3.63) is 54.2 Å². The Hall–Kier alpha value is -3.59. The quantitative estimate of drug-likeness (QED) is 0.431. The van der Waals surface area contributed by atoms with E-state index in [4.69, 9.17) is 9.47 Å². The second kappa shape index (κ2) is 9.94.